The fourth-order valence-corrected chi connectivity index (χ4v) is 3.34. The van der Waals surface area contributed by atoms with Gasteiger partial charge in [-0.25, -0.2) is 4.98 Å². The summed E-state index contributed by atoms with van der Waals surface area (Å²) in [6, 6.07) is 13.2. The molecule has 1 N–H and O–H groups in total. The van der Waals surface area contributed by atoms with Crippen LogP contribution in [0, 0.1) is 6.92 Å². The number of nitrogens with zero attached hydrogens (tertiary/aromatic N) is 1. The third-order valence-electron chi connectivity index (χ3n) is 4.02. The summed E-state index contributed by atoms with van der Waals surface area (Å²) in [7, 11) is 3.21. The van der Waals surface area contributed by atoms with E-state index in [-0.39, 0.29) is 12.3 Å². The molecule has 3 aromatic rings. The topological polar surface area (TPSA) is 69.7 Å². The SMILES string of the molecule is COc1ccc(OC)c(-c2csc(NC(=O)CCOc3cccc(C)c3)n2)c1. The average Bonchev–Trinajstić information content (AvgIpc) is 3.15. The minimum absolute atomic E-state index is 0.147. The summed E-state index contributed by atoms with van der Waals surface area (Å²) in [5.74, 6) is 2.01. The second-order valence-corrected chi connectivity index (χ2v) is 6.93. The fourth-order valence-electron chi connectivity index (χ4n) is 2.62. The van der Waals surface area contributed by atoms with Gasteiger partial charge in [-0.1, -0.05) is 12.1 Å². The average molecular weight is 398 g/mol. The van der Waals surface area contributed by atoms with Gasteiger partial charge in [0, 0.05) is 10.9 Å². The molecule has 146 valence electrons. The molecule has 0 atom stereocenters. The highest BCUT2D eigenvalue weighted by Crippen LogP contribution is 2.35. The van der Waals surface area contributed by atoms with Gasteiger partial charge in [0.05, 0.1) is 32.9 Å². The highest BCUT2D eigenvalue weighted by molar-refractivity contribution is 7.14. The van der Waals surface area contributed by atoms with Gasteiger partial charge in [-0.15, -0.1) is 11.3 Å². The van der Waals surface area contributed by atoms with Crippen molar-refractivity contribution in [3.05, 3.63) is 53.4 Å². The maximum absolute atomic E-state index is 12.2. The number of thiazole rings is 1. The van der Waals surface area contributed by atoms with Gasteiger partial charge in [0.2, 0.25) is 5.91 Å². The van der Waals surface area contributed by atoms with Gasteiger partial charge in [0.15, 0.2) is 5.13 Å². The van der Waals surface area contributed by atoms with E-state index in [1.807, 2.05) is 54.8 Å². The van der Waals surface area contributed by atoms with Crippen LogP contribution in [0.1, 0.15) is 12.0 Å². The van der Waals surface area contributed by atoms with Gasteiger partial charge in [0.25, 0.3) is 0 Å². The lowest BCUT2D eigenvalue weighted by atomic mass is 10.1. The zero-order valence-electron chi connectivity index (χ0n) is 16.0. The Hall–Kier alpha value is -3.06. The highest BCUT2D eigenvalue weighted by atomic mass is 32.1. The predicted octanol–water partition coefficient (Wildman–Crippen LogP) is 4.54. The lowest BCUT2D eigenvalue weighted by Crippen LogP contribution is -2.15. The van der Waals surface area contributed by atoms with Gasteiger partial charge < -0.3 is 19.5 Å². The van der Waals surface area contributed by atoms with Crippen molar-refractivity contribution in [3.8, 4) is 28.5 Å². The van der Waals surface area contributed by atoms with Crippen LogP contribution in [0.4, 0.5) is 5.13 Å². The Morgan fingerprint density at radius 3 is 2.71 bits per heavy atom. The molecule has 0 aliphatic heterocycles. The molecule has 0 unspecified atom stereocenters. The summed E-state index contributed by atoms with van der Waals surface area (Å²) in [6.45, 7) is 2.30. The molecule has 1 heterocycles. The number of methoxy groups -OCH3 is 2. The van der Waals surface area contributed by atoms with E-state index >= 15 is 0 Å². The van der Waals surface area contributed by atoms with E-state index in [9.17, 15) is 4.79 Å². The summed E-state index contributed by atoms with van der Waals surface area (Å²) in [5.41, 5.74) is 2.64. The Morgan fingerprint density at radius 2 is 1.96 bits per heavy atom. The lowest BCUT2D eigenvalue weighted by molar-refractivity contribution is -0.116. The second kappa shape index (κ2) is 9.23. The molecule has 0 spiro atoms. The van der Waals surface area contributed by atoms with Gasteiger partial charge in [-0.2, -0.15) is 0 Å². The van der Waals surface area contributed by atoms with Crippen LogP contribution in [0.5, 0.6) is 17.2 Å². The van der Waals surface area contributed by atoms with Crippen LogP contribution < -0.4 is 19.5 Å². The van der Waals surface area contributed by atoms with Crippen LogP contribution in [0.3, 0.4) is 0 Å². The van der Waals surface area contributed by atoms with Gasteiger partial charge in [0.1, 0.15) is 17.2 Å². The van der Waals surface area contributed by atoms with Crippen molar-refractivity contribution in [2.24, 2.45) is 0 Å². The molecular formula is C21H22N2O4S. The number of anilines is 1. The molecule has 7 heteroatoms. The number of nitrogens with one attached hydrogen (secondary N) is 1. The van der Waals surface area contributed by atoms with E-state index in [1.165, 1.54) is 11.3 Å². The van der Waals surface area contributed by atoms with E-state index in [0.29, 0.717) is 28.9 Å². The number of aryl methyl sites for hydroxylation is 1. The van der Waals surface area contributed by atoms with E-state index < -0.39 is 0 Å². The molecule has 0 saturated heterocycles. The highest BCUT2D eigenvalue weighted by Gasteiger charge is 2.13. The Balaban J connectivity index is 1.59. The Labute approximate surface area is 168 Å². The Kier molecular flexibility index (Phi) is 6.49. The van der Waals surface area contributed by atoms with Crippen LogP contribution in [0.15, 0.2) is 47.8 Å². The number of hydrogen-bond donors (Lipinski definition) is 1. The molecule has 28 heavy (non-hydrogen) atoms. The predicted molar refractivity (Wildman–Crippen MR) is 111 cm³/mol. The van der Waals surface area contributed by atoms with Crippen LogP contribution in [-0.4, -0.2) is 31.7 Å². The smallest absolute Gasteiger partial charge is 0.229 e. The summed E-state index contributed by atoms with van der Waals surface area (Å²) in [4.78, 5) is 16.7. The molecule has 0 aliphatic rings. The van der Waals surface area contributed by atoms with E-state index in [0.717, 1.165) is 16.9 Å². The van der Waals surface area contributed by atoms with Crippen LogP contribution >= 0.6 is 11.3 Å². The molecule has 0 bridgehead atoms. The Bertz CT molecular complexity index is 955. The first-order chi connectivity index (χ1) is 13.6. The number of aromatic nitrogens is 1. The zero-order chi connectivity index (χ0) is 19.9. The monoisotopic (exact) mass is 398 g/mol. The summed E-state index contributed by atoms with van der Waals surface area (Å²) >= 11 is 1.36. The molecule has 6 nitrogen and oxygen atoms in total. The van der Waals surface area contributed by atoms with Crippen molar-refractivity contribution in [2.45, 2.75) is 13.3 Å². The summed E-state index contributed by atoms with van der Waals surface area (Å²) in [6.07, 6.45) is 0.241. The first-order valence-electron chi connectivity index (χ1n) is 8.76. The number of carbonyl (C=O) groups is 1. The number of benzene rings is 2. The molecule has 0 fully saturated rings. The van der Waals surface area contributed by atoms with Crippen molar-refractivity contribution in [3.63, 3.8) is 0 Å². The number of carbonyl (C=O) groups excluding carboxylic acids is 1. The van der Waals surface area contributed by atoms with Crippen LogP contribution in [-0.2, 0) is 4.79 Å². The van der Waals surface area contributed by atoms with Crippen molar-refractivity contribution in [1.29, 1.82) is 0 Å². The first-order valence-corrected chi connectivity index (χ1v) is 9.64. The molecule has 0 saturated carbocycles. The zero-order valence-corrected chi connectivity index (χ0v) is 16.8. The molecule has 3 rings (SSSR count). The van der Waals surface area contributed by atoms with Crippen molar-refractivity contribution in [1.82, 2.24) is 4.98 Å². The molecular weight excluding hydrogens is 376 g/mol. The van der Waals surface area contributed by atoms with Crippen molar-refractivity contribution >= 4 is 22.4 Å². The minimum atomic E-state index is -0.147. The normalized spacial score (nSPS) is 10.4. The molecule has 0 radical (unpaired) electrons. The summed E-state index contributed by atoms with van der Waals surface area (Å²) in [5, 5.41) is 5.21. The van der Waals surface area contributed by atoms with E-state index in [1.54, 1.807) is 14.2 Å². The molecule has 1 aromatic heterocycles. The van der Waals surface area contributed by atoms with Crippen molar-refractivity contribution in [2.75, 3.05) is 26.1 Å². The van der Waals surface area contributed by atoms with Gasteiger partial charge in [-0.05, 0) is 42.8 Å². The number of hydrogen-bond acceptors (Lipinski definition) is 6. The fraction of sp³-hybridized carbons (Fsp3) is 0.238. The minimum Gasteiger partial charge on any atom is -0.497 e. The largest absolute Gasteiger partial charge is 0.497 e. The molecule has 1 amide bonds. The third-order valence-corrected chi connectivity index (χ3v) is 4.78. The van der Waals surface area contributed by atoms with Crippen molar-refractivity contribution < 1.29 is 19.0 Å². The summed E-state index contributed by atoms with van der Waals surface area (Å²) < 4.78 is 16.3. The maximum Gasteiger partial charge on any atom is 0.229 e. The van der Waals surface area contributed by atoms with E-state index in [4.69, 9.17) is 14.2 Å². The van der Waals surface area contributed by atoms with Crippen LogP contribution in [0.2, 0.25) is 0 Å². The molecule has 2 aromatic carbocycles. The lowest BCUT2D eigenvalue weighted by Gasteiger charge is -2.08. The Morgan fingerprint density at radius 1 is 1.11 bits per heavy atom. The van der Waals surface area contributed by atoms with Gasteiger partial charge in [-0.3, -0.25) is 4.79 Å². The quantitative estimate of drug-likeness (QED) is 0.603. The van der Waals surface area contributed by atoms with E-state index in [2.05, 4.69) is 10.3 Å². The molecule has 0 aliphatic carbocycles. The number of amides is 1. The second-order valence-electron chi connectivity index (χ2n) is 6.07. The first kappa shape index (κ1) is 19.7. The third kappa shape index (κ3) is 5.01. The van der Waals surface area contributed by atoms with Crippen LogP contribution in [0.25, 0.3) is 11.3 Å². The number of rotatable bonds is 8. The maximum atomic E-state index is 12.2. The van der Waals surface area contributed by atoms with Gasteiger partial charge >= 0.3 is 0 Å². The standard InChI is InChI=1S/C21H22N2O4S/c1-14-5-4-6-16(11-14)27-10-9-20(24)23-21-22-18(13-28-21)17-12-15(25-2)7-8-19(17)26-3/h4-8,11-13H,9-10H2,1-3H3,(H,22,23,24). The number of ether oxygens (including phenoxy) is 3.